The molecule has 16 heavy (non-hydrogen) atoms. The van der Waals surface area contributed by atoms with Crippen LogP contribution in [0.3, 0.4) is 0 Å². The summed E-state index contributed by atoms with van der Waals surface area (Å²) in [4.78, 5) is 10.8. The highest BCUT2D eigenvalue weighted by Gasteiger charge is 2.10. The first-order chi connectivity index (χ1) is 7.75. The van der Waals surface area contributed by atoms with Gasteiger partial charge in [-0.2, -0.15) is 5.10 Å². The molecule has 0 atom stereocenters. The molecule has 3 N–H and O–H groups in total. The molecule has 0 aliphatic rings. The number of aromatic nitrogens is 2. The molecule has 0 bridgehead atoms. The molecule has 0 unspecified atom stereocenters. The van der Waals surface area contributed by atoms with Crippen molar-refractivity contribution in [2.45, 2.75) is 19.3 Å². The number of carbonyl (C=O) groups is 1. The minimum Gasteiger partial charge on any atom is -0.478 e. The van der Waals surface area contributed by atoms with E-state index in [-0.39, 0.29) is 12.2 Å². The summed E-state index contributed by atoms with van der Waals surface area (Å²) < 4.78 is 0. The van der Waals surface area contributed by atoms with E-state index in [2.05, 4.69) is 15.5 Å². The van der Waals surface area contributed by atoms with E-state index < -0.39 is 5.97 Å². The third-order valence-corrected chi connectivity index (χ3v) is 2.08. The molecular formula is C10H15N3O3. The van der Waals surface area contributed by atoms with Crippen LogP contribution in [0, 0.1) is 0 Å². The Morgan fingerprint density at radius 2 is 2.19 bits per heavy atom. The van der Waals surface area contributed by atoms with Gasteiger partial charge in [-0.05, 0) is 25.3 Å². The quantitative estimate of drug-likeness (QED) is 0.593. The van der Waals surface area contributed by atoms with Crippen molar-refractivity contribution in [3.05, 3.63) is 17.8 Å². The highest BCUT2D eigenvalue weighted by Crippen LogP contribution is 2.10. The minimum atomic E-state index is -1.02. The zero-order chi connectivity index (χ0) is 11.8. The van der Waals surface area contributed by atoms with Gasteiger partial charge in [0.05, 0.1) is 6.20 Å². The number of rotatable bonds is 7. The van der Waals surface area contributed by atoms with E-state index in [1.165, 1.54) is 12.3 Å². The van der Waals surface area contributed by atoms with Crippen molar-refractivity contribution in [1.82, 2.24) is 10.2 Å². The zero-order valence-electron chi connectivity index (χ0n) is 8.89. The number of unbranched alkanes of at least 4 members (excludes halogenated alkanes) is 2. The average Bonchev–Trinajstić information content (AvgIpc) is 2.29. The fourth-order valence-electron chi connectivity index (χ4n) is 1.26. The Morgan fingerprint density at radius 3 is 2.88 bits per heavy atom. The van der Waals surface area contributed by atoms with Crippen LogP contribution in [0.2, 0.25) is 0 Å². The van der Waals surface area contributed by atoms with Crippen LogP contribution >= 0.6 is 0 Å². The van der Waals surface area contributed by atoms with Crippen LogP contribution in [0.25, 0.3) is 0 Å². The number of aromatic carboxylic acids is 1. The van der Waals surface area contributed by atoms with Gasteiger partial charge in [-0.25, -0.2) is 4.79 Å². The van der Waals surface area contributed by atoms with Crippen LogP contribution in [0.1, 0.15) is 29.6 Å². The van der Waals surface area contributed by atoms with Crippen LogP contribution in [-0.2, 0) is 0 Å². The van der Waals surface area contributed by atoms with E-state index in [0.29, 0.717) is 12.4 Å². The summed E-state index contributed by atoms with van der Waals surface area (Å²) in [6, 6.07) is 1.41. The summed E-state index contributed by atoms with van der Waals surface area (Å²) in [6.45, 7) is 0.810. The summed E-state index contributed by atoms with van der Waals surface area (Å²) >= 11 is 0. The van der Waals surface area contributed by atoms with Gasteiger partial charge in [0.2, 0.25) is 0 Å². The molecule has 0 aliphatic heterocycles. The van der Waals surface area contributed by atoms with E-state index in [1.807, 2.05) is 0 Å². The molecule has 88 valence electrons. The molecule has 6 heteroatoms. The number of carboxylic acids is 1. The Hall–Kier alpha value is -1.69. The van der Waals surface area contributed by atoms with Gasteiger partial charge in [-0.3, -0.25) is 0 Å². The van der Waals surface area contributed by atoms with E-state index >= 15 is 0 Å². The Balaban J connectivity index is 2.44. The molecular weight excluding hydrogens is 210 g/mol. The second kappa shape index (κ2) is 6.73. The van der Waals surface area contributed by atoms with Crippen molar-refractivity contribution in [3.63, 3.8) is 0 Å². The van der Waals surface area contributed by atoms with Crippen LogP contribution in [0.15, 0.2) is 12.3 Å². The van der Waals surface area contributed by atoms with E-state index in [4.69, 9.17) is 10.2 Å². The predicted octanol–water partition coefficient (Wildman–Crippen LogP) is 0.749. The molecule has 0 saturated heterocycles. The van der Waals surface area contributed by atoms with Crippen LogP contribution < -0.4 is 5.32 Å². The molecule has 1 heterocycles. The van der Waals surface area contributed by atoms with Gasteiger partial charge in [0.1, 0.15) is 5.56 Å². The molecule has 0 spiro atoms. The molecule has 0 aliphatic carbocycles. The number of hydrogen-bond donors (Lipinski definition) is 3. The van der Waals surface area contributed by atoms with Crippen molar-refractivity contribution in [3.8, 4) is 0 Å². The molecule has 1 rings (SSSR count). The summed E-state index contributed by atoms with van der Waals surface area (Å²) in [6.07, 6.45) is 3.86. The standard InChI is InChI=1S/C10H15N3O3/c14-7-3-1-2-5-11-9-8(10(15)16)4-6-12-13-9/h4,6,14H,1-3,5,7H2,(H,11,13)(H,15,16). The molecule has 1 aromatic rings. The first-order valence-electron chi connectivity index (χ1n) is 5.15. The van der Waals surface area contributed by atoms with Crippen molar-refractivity contribution in [2.24, 2.45) is 0 Å². The lowest BCUT2D eigenvalue weighted by Crippen LogP contribution is -2.10. The second-order valence-corrected chi connectivity index (χ2v) is 3.31. The fraction of sp³-hybridized carbons (Fsp3) is 0.500. The third-order valence-electron chi connectivity index (χ3n) is 2.08. The second-order valence-electron chi connectivity index (χ2n) is 3.31. The Labute approximate surface area is 93.3 Å². The van der Waals surface area contributed by atoms with Gasteiger partial charge in [-0.1, -0.05) is 0 Å². The van der Waals surface area contributed by atoms with Crippen molar-refractivity contribution < 1.29 is 15.0 Å². The monoisotopic (exact) mass is 225 g/mol. The molecule has 0 fully saturated rings. The number of aliphatic hydroxyl groups excluding tert-OH is 1. The largest absolute Gasteiger partial charge is 0.478 e. The van der Waals surface area contributed by atoms with Crippen LogP contribution in [0.4, 0.5) is 5.82 Å². The van der Waals surface area contributed by atoms with Gasteiger partial charge < -0.3 is 15.5 Å². The smallest absolute Gasteiger partial charge is 0.339 e. The van der Waals surface area contributed by atoms with Crippen molar-refractivity contribution in [2.75, 3.05) is 18.5 Å². The molecule has 0 saturated carbocycles. The molecule has 0 amide bonds. The van der Waals surface area contributed by atoms with Gasteiger partial charge in [-0.15, -0.1) is 5.10 Å². The SMILES string of the molecule is O=C(O)c1ccnnc1NCCCCCO. The average molecular weight is 225 g/mol. The first kappa shape index (κ1) is 12.4. The normalized spacial score (nSPS) is 10.1. The number of anilines is 1. The molecule has 0 aromatic carbocycles. The third kappa shape index (κ3) is 3.82. The maximum Gasteiger partial charge on any atom is 0.339 e. The minimum absolute atomic E-state index is 0.122. The van der Waals surface area contributed by atoms with Gasteiger partial charge in [0.15, 0.2) is 5.82 Å². The molecule has 6 nitrogen and oxygen atoms in total. The van der Waals surface area contributed by atoms with E-state index in [0.717, 1.165) is 19.3 Å². The maximum absolute atomic E-state index is 10.8. The number of carboxylic acid groups (broad SMARTS) is 1. The molecule has 0 radical (unpaired) electrons. The summed E-state index contributed by atoms with van der Waals surface area (Å²) in [5.41, 5.74) is 0.122. The number of aliphatic hydroxyl groups is 1. The van der Waals surface area contributed by atoms with Gasteiger partial charge in [0, 0.05) is 13.2 Å². The van der Waals surface area contributed by atoms with Crippen LogP contribution in [-0.4, -0.2) is 39.5 Å². The first-order valence-corrected chi connectivity index (χ1v) is 5.15. The fourth-order valence-corrected chi connectivity index (χ4v) is 1.26. The lowest BCUT2D eigenvalue weighted by atomic mass is 10.2. The number of hydrogen-bond acceptors (Lipinski definition) is 5. The van der Waals surface area contributed by atoms with Crippen molar-refractivity contribution >= 4 is 11.8 Å². The molecule has 1 aromatic heterocycles. The lowest BCUT2D eigenvalue weighted by molar-refractivity contribution is 0.0697. The zero-order valence-corrected chi connectivity index (χ0v) is 8.89. The van der Waals surface area contributed by atoms with E-state index in [9.17, 15) is 4.79 Å². The van der Waals surface area contributed by atoms with Gasteiger partial charge in [0.25, 0.3) is 0 Å². The highest BCUT2D eigenvalue weighted by atomic mass is 16.4. The van der Waals surface area contributed by atoms with Gasteiger partial charge >= 0.3 is 5.97 Å². The van der Waals surface area contributed by atoms with Crippen LogP contribution in [0.5, 0.6) is 0 Å². The number of nitrogens with zero attached hydrogens (tertiary/aromatic N) is 2. The lowest BCUT2D eigenvalue weighted by Gasteiger charge is -2.06. The Bertz CT molecular complexity index is 344. The van der Waals surface area contributed by atoms with Crippen molar-refractivity contribution in [1.29, 1.82) is 0 Å². The summed E-state index contributed by atoms with van der Waals surface area (Å²) in [5.74, 6) is -0.730. The Kier molecular flexibility index (Phi) is 5.21. The Morgan fingerprint density at radius 1 is 1.38 bits per heavy atom. The summed E-state index contributed by atoms with van der Waals surface area (Å²) in [5, 5.41) is 27.7. The maximum atomic E-state index is 10.8. The topological polar surface area (TPSA) is 95.3 Å². The summed E-state index contributed by atoms with van der Waals surface area (Å²) in [7, 11) is 0. The highest BCUT2D eigenvalue weighted by molar-refractivity contribution is 5.92. The predicted molar refractivity (Wildman–Crippen MR) is 58.4 cm³/mol. The number of nitrogens with one attached hydrogen (secondary N) is 1. The van der Waals surface area contributed by atoms with E-state index in [1.54, 1.807) is 0 Å².